The summed E-state index contributed by atoms with van der Waals surface area (Å²) in [5, 5.41) is 12.2. The quantitative estimate of drug-likeness (QED) is 0.290. The molecule has 0 spiro atoms. The van der Waals surface area contributed by atoms with Crippen molar-refractivity contribution in [2.24, 2.45) is 0 Å². The molecule has 2 aromatic carbocycles. The van der Waals surface area contributed by atoms with Gasteiger partial charge >= 0.3 is 0 Å². The van der Waals surface area contributed by atoms with Crippen LogP contribution in [0.15, 0.2) is 60.0 Å². The number of nitrogens with zero attached hydrogens (tertiary/aromatic N) is 5. The van der Waals surface area contributed by atoms with Crippen LogP contribution in [0.4, 0.5) is 10.1 Å². The smallest absolute Gasteiger partial charge is 0.278 e. The van der Waals surface area contributed by atoms with Crippen molar-refractivity contribution in [3.63, 3.8) is 0 Å². The van der Waals surface area contributed by atoms with Crippen LogP contribution < -0.4 is 5.32 Å². The Balaban J connectivity index is 1.69. The molecule has 0 unspecified atom stereocenters. The Morgan fingerprint density at radius 3 is 2.53 bits per heavy atom. The van der Waals surface area contributed by atoms with Gasteiger partial charge in [0, 0.05) is 33.9 Å². The van der Waals surface area contributed by atoms with E-state index >= 15 is 0 Å². The Kier molecular flexibility index (Phi) is 6.69. The van der Waals surface area contributed by atoms with Gasteiger partial charge in [0.05, 0.1) is 11.4 Å². The molecule has 0 aliphatic heterocycles. The highest BCUT2D eigenvalue weighted by molar-refractivity contribution is 7.98. The maximum atomic E-state index is 13.9. The lowest BCUT2D eigenvalue weighted by Crippen LogP contribution is -2.15. The number of benzene rings is 2. The molecule has 0 aliphatic carbocycles. The van der Waals surface area contributed by atoms with Gasteiger partial charge in [-0.05, 0) is 48.9 Å². The summed E-state index contributed by atoms with van der Waals surface area (Å²) >= 11 is 13.6. The first-order chi connectivity index (χ1) is 15.4. The van der Waals surface area contributed by atoms with Crippen molar-refractivity contribution in [1.29, 1.82) is 0 Å². The second kappa shape index (κ2) is 9.64. The van der Waals surface area contributed by atoms with Crippen LogP contribution in [0.5, 0.6) is 0 Å². The predicted molar refractivity (Wildman–Crippen MR) is 122 cm³/mol. The van der Waals surface area contributed by atoms with E-state index in [9.17, 15) is 9.18 Å². The number of thioether (sulfide) groups is 1. The molecule has 0 aliphatic rings. The highest BCUT2D eigenvalue weighted by Gasteiger charge is 2.22. The number of halogens is 3. The zero-order valence-corrected chi connectivity index (χ0v) is 18.9. The van der Waals surface area contributed by atoms with Crippen LogP contribution in [-0.4, -0.2) is 30.9 Å². The third-order valence-corrected chi connectivity index (χ3v) is 5.70. The number of carbonyl (C=O) groups excluding carboxylic acids is 1. The predicted octanol–water partition coefficient (Wildman–Crippen LogP) is 5.36. The summed E-state index contributed by atoms with van der Waals surface area (Å²) in [6.07, 6.45) is 3.25. The fourth-order valence-corrected chi connectivity index (χ4v) is 4.14. The van der Waals surface area contributed by atoms with Crippen molar-refractivity contribution in [3.8, 4) is 5.69 Å². The van der Waals surface area contributed by atoms with E-state index in [4.69, 9.17) is 23.2 Å². The number of nitrogens with one attached hydrogen (secondary N) is 1. The van der Waals surface area contributed by atoms with Crippen molar-refractivity contribution in [2.45, 2.75) is 17.8 Å². The molecule has 0 atom stereocenters. The second-order valence-electron chi connectivity index (χ2n) is 6.66. The SMILES string of the molecule is Cc1ccc(NC(=O)c2nnn(-c3cc(Cl)cc(Cl)c3)c2CSc2ncccn2)cc1F. The van der Waals surface area contributed by atoms with Gasteiger partial charge in [0.15, 0.2) is 10.9 Å². The van der Waals surface area contributed by atoms with Gasteiger partial charge in [0.1, 0.15) is 5.82 Å². The third kappa shape index (κ3) is 5.07. The summed E-state index contributed by atoms with van der Waals surface area (Å²) in [4.78, 5) is 21.4. The van der Waals surface area contributed by atoms with Crippen molar-refractivity contribution in [1.82, 2.24) is 25.0 Å². The minimum Gasteiger partial charge on any atom is -0.320 e. The maximum Gasteiger partial charge on any atom is 0.278 e. The Bertz CT molecular complexity index is 1260. The molecule has 32 heavy (non-hydrogen) atoms. The van der Waals surface area contributed by atoms with Crippen LogP contribution in [0.1, 0.15) is 21.7 Å². The van der Waals surface area contributed by atoms with E-state index in [1.54, 1.807) is 55.7 Å². The molecule has 4 aromatic rings. The Hall–Kier alpha value is -3.01. The van der Waals surface area contributed by atoms with Gasteiger partial charge in [-0.15, -0.1) is 5.10 Å². The van der Waals surface area contributed by atoms with Gasteiger partial charge in [-0.1, -0.05) is 46.2 Å². The fraction of sp³-hybridized carbons (Fsp3) is 0.0952. The maximum absolute atomic E-state index is 13.9. The topological polar surface area (TPSA) is 85.6 Å². The third-order valence-electron chi connectivity index (χ3n) is 4.38. The van der Waals surface area contributed by atoms with Crippen LogP contribution in [0.3, 0.4) is 0 Å². The van der Waals surface area contributed by atoms with Gasteiger partial charge in [-0.3, -0.25) is 4.79 Å². The number of amides is 1. The normalized spacial score (nSPS) is 10.9. The molecule has 7 nitrogen and oxygen atoms in total. The minimum absolute atomic E-state index is 0.0745. The Morgan fingerprint density at radius 2 is 1.84 bits per heavy atom. The van der Waals surface area contributed by atoms with Crippen molar-refractivity contribution in [3.05, 3.63) is 87.7 Å². The molecule has 2 heterocycles. The standard InChI is InChI=1S/C21H15Cl2FN6OS/c1-12-3-4-15(10-17(12)24)27-20(31)19-18(11-32-21-25-5-2-6-26-21)30(29-28-19)16-8-13(22)7-14(23)9-16/h2-10H,11H2,1H3,(H,27,31). The van der Waals surface area contributed by atoms with Crippen LogP contribution in [-0.2, 0) is 5.75 Å². The molecular weight excluding hydrogens is 474 g/mol. The van der Waals surface area contributed by atoms with E-state index in [0.29, 0.717) is 37.8 Å². The number of rotatable bonds is 6. The molecule has 11 heteroatoms. The number of anilines is 1. The van der Waals surface area contributed by atoms with E-state index in [2.05, 4.69) is 25.6 Å². The van der Waals surface area contributed by atoms with Crippen molar-refractivity contribution >= 4 is 46.6 Å². The molecule has 0 bridgehead atoms. The van der Waals surface area contributed by atoms with Crippen LogP contribution >= 0.6 is 35.0 Å². The number of aryl methyl sites for hydroxylation is 1. The van der Waals surface area contributed by atoms with Crippen LogP contribution in [0.25, 0.3) is 5.69 Å². The first kappa shape index (κ1) is 22.2. The lowest BCUT2D eigenvalue weighted by atomic mass is 10.2. The molecular formula is C21H15Cl2FN6OS. The highest BCUT2D eigenvalue weighted by Crippen LogP contribution is 2.27. The molecule has 0 saturated carbocycles. The second-order valence-corrected chi connectivity index (χ2v) is 8.48. The van der Waals surface area contributed by atoms with Gasteiger partial charge in [0.25, 0.3) is 5.91 Å². The van der Waals surface area contributed by atoms with Crippen LogP contribution in [0, 0.1) is 12.7 Å². The summed E-state index contributed by atoms with van der Waals surface area (Å²) in [7, 11) is 0. The summed E-state index contributed by atoms with van der Waals surface area (Å²) in [5.41, 5.74) is 1.88. The van der Waals surface area contributed by atoms with Crippen molar-refractivity contribution in [2.75, 3.05) is 5.32 Å². The van der Waals surface area contributed by atoms with Gasteiger partial charge in [-0.2, -0.15) is 0 Å². The van der Waals surface area contributed by atoms with Crippen molar-refractivity contribution < 1.29 is 9.18 Å². The molecule has 1 N–H and O–H groups in total. The summed E-state index contributed by atoms with van der Waals surface area (Å²) in [6.45, 7) is 1.64. The monoisotopic (exact) mass is 488 g/mol. The number of hydrogen-bond donors (Lipinski definition) is 1. The minimum atomic E-state index is -0.530. The van der Waals surface area contributed by atoms with Crippen LogP contribution in [0.2, 0.25) is 10.0 Å². The number of hydrogen-bond acceptors (Lipinski definition) is 6. The zero-order valence-electron chi connectivity index (χ0n) is 16.6. The summed E-state index contributed by atoms with van der Waals surface area (Å²) in [5.74, 6) is -0.666. The number of aromatic nitrogens is 5. The van der Waals surface area contributed by atoms with E-state index in [1.165, 1.54) is 22.5 Å². The lowest BCUT2D eigenvalue weighted by molar-refractivity contribution is 0.102. The highest BCUT2D eigenvalue weighted by atomic mass is 35.5. The molecule has 162 valence electrons. The first-order valence-electron chi connectivity index (χ1n) is 9.29. The Morgan fingerprint density at radius 1 is 1.12 bits per heavy atom. The summed E-state index contributed by atoms with van der Waals surface area (Å²) in [6, 6.07) is 11.1. The molecule has 4 rings (SSSR count). The molecule has 0 radical (unpaired) electrons. The molecule has 1 amide bonds. The van der Waals surface area contributed by atoms with E-state index in [-0.39, 0.29) is 11.4 Å². The average molecular weight is 489 g/mol. The molecule has 0 fully saturated rings. The van der Waals surface area contributed by atoms with Gasteiger partial charge < -0.3 is 5.32 Å². The van der Waals surface area contributed by atoms with E-state index in [1.807, 2.05) is 0 Å². The summed E-state index contributed by atoms with van der Waals surface area (Å²) < 4.78 is 15.4. The number of carbonyl (C=O) groups is 1. The van der Waals surface area contributed by atoms with Gasteiger partial charge in [0.2, 0.25) is 0 Å². The van der Waals surface area contributed by atoms with Gasteiger partial charge in [-0.25, -0.2) is 19.0 Å². The molecule has 2 aromatic heterocycles. The van der Waals surface area contributed by atoms with E-state index < -0.39 is 11.7 Å². The first-order valence-corrected chi connectivity index (χ1v) is 11.0. The largest absolute Gasteiger partial charge is 0.320 e. The Labute approximate surface area is 197 Å². The average Bonchev–Trinajstić information content (AvgIpc) is 3.19. The lowest BCUT2D eigenvalue weighted by Gasteiger charge is -2.09. The molecule has 0 saturated heterocycles. The fourth-order valence-electron chi connectivity index (χ4n) is 2.83. The van der Waals surface area contributed by atoms with E-state index in [0.717, 1.165) is 0 Å². The zero-order chi connectivity index (χ0) is 22.7.